The zero-order valence-electron chi connectivity index (χ0n) is 16.7. The van der Waals surface area contributed by atoms with Crippen LogP contribution in [0.4, 0.5) is 0 Å². The van der Waals surface area contributed by atoms with Gasteiger partial charge in [0.05, 0.1) is 30.3 Å². The van der Waals surface area contributed by atoms with Gasteiger partial charge in [-0.3, -0.25) is 4.79 Å². The summed E-state index contributed by atoms with van der Waals surface area (Å²) in [5.74, 6) is -0.214. The lowest BCUT2D eigenvalue weighted by molar-refractivity contribution is -0.131. The number of carbonyl (C=O) groups excluding carboxylic acids is 1. The number of hydrogen-bond donors (Lipinski definition) is 0. The van der Waals surface area contributed by atoms with Crippen molar-refractivity contribution in [3.8, 4) is 0 Å². The Morgan fingerprint density at radius 3 is 2.76 bits per heavy atom. The van der Waals surface area contributed by atoms with Crippen LogP contribution < -0.4 is 0 Å². The van der Waals surface area contributed by atoms with Crippen LogP contribution in [0.3, 0.4) is 0 Å². The standard InChI is InChI=1S/C21H27N3O4S/c1-3-11-24-19(14-23(17(2)25)15-20-10-7-12-28-20)13-22-21(24)29(26,27)16-18-8-5-4-6-9-18/h3-6,8-9,13,20H,1,7,10-12,14-16H2,2H3/t20-/m0/s1. The molecule has 1 amide bonds. The molecule has 2 heterocycles. The molecule has 0 saturated carbocycles. The fraction of sp³-hybridized carbons (Fsp3) is 0.429. The zero-order chi connectivity index (χ0) is 20.9. The first-order chi connectivity index (χ1) is 13.9. The highest BCUT2D eigenvalue weighted by Crippen LogP contribution is 2.20. The van der Waals surface area contributed by atoms with Crippen LogP contribution in [0.15, 0.2) is 54.3 Å². The van der Waals surface area contributed by atoms with E-state index < -0.39 is 9.84 Å². The molecule has 0 radical (unpaired) electrons. The molecule has 7 nitrogen and oxygen atoms in total. The summed E-state index contributed by atoms with van der Waals surface area (Å²) < 4.78 is 33.2. The minimum absolute atomic E-state index is 0.00290. The maximum atomic E-state index is 13.0. The maximum Gasteiger partial charge on any atom is 0.228 e. The van der Waals surface area contributed by atoms with Crippen LogP contribution in [0, 0.1) is 0 Å². The van der Waals surface area contributed by atoms with Crippen molar-refractivity contribution in [1.82, 2.24) is 14.5 Å². The number of aromatic nitrogens is 2. The Balaban J connectivity index is 1.85. The summed E-state index contributed by atoms with van der Waals surface area (Å²) in [6.45, 7) is 7.02. The lowest BCUT2D eigenvalue weighted by Crippen LogP contribution is -2.36. The Bertz CT molecular complexity index is 948. The van der Waals surface area contributed by atoms with Gasteiger partial charge in [0, 0.05) is 26.6 Å². The number of ether oxygens (including phenoxy) is 1. The van der Waals surface area contributed by atoms with Gasteiger partial charge in [0.25, 0.3) is 0 Å². The molecule has 1 aromatic carbocycles. The molecule has 29 heavy (non-hydrogen) atoms. The van der Waals surface area contributed by atoms with Gasteiger partial charge < -0.3 is 14.2 Å². The van der Waals surface area contributed by atoms with Crippen molar-refractivity contribution in [2.75, 3.05) is 13.2 Å². The van der Waals surface area contributed by atoms with Gasteiger partial charge in [0.15, 0.2) is 0 Å². The number of imidazole rings is 1. The molecule has 1 saturated heterocycles. The van der Waals surface area contributed by atoms with Crippen LogP contribution in [-0.4, -0.2) is 48.0 Å². The summed E-state index contributed by atoms with van der Waals surface area (Å²) in [6, 6.07) is 9.01. The Labute approximate surface area is 171 Å². The molecule has 0 unspecified atom stereocenters. The molecule has 0 aliphatic carbocycles. The van der Waals surface area contributed by atoms with Gasteiger partial charge in [-0.15, -0.1) is 6.58 Å². The monoisotopic (exact) mass is 417 g/mol. The van der Waals surface area contributed by atoms with Gasteiger partial charge in [-0.25, -0.2) is 13.4 Å². The van der Waals surface area contributed by atoms with E-state index in [2.05, 4.69) is 11.6 Å². The van der Waals surface area contributed by atoms with Crippen LogP contribution in [0.25, 0.3) is 0 Å². The van der Waals surface area contributed by atoms with E-state index in [1.54, 1.807) is 27.7 Å². The first-order valence-electron chi connectivity index (χ1n) is 9.70. The number of rotatable bonds is 9. The lowest BCUT2D eigenvalue weighted by atomic mass is 10.2. The summed E-state index contributed by atoms with van der Waals surface area (Å²) in [5.41, 5.74) is 1.36. The Hall–Kier alpha value is -2.45. The van der Waals surface area contributed by atoms with E-state index in [1.165, 1.54) is 13.1 Å². The second kappa shape index (κ2) is 9.37. The Morgan fingerprint density at radius 1 is 1.38 bits per heavy atom. The number of hydrogen-bond acceptors (Lipinski definition) is 5. The summed E-state index contributed by atoms with van der Waals surface area (Å²) in [4.78, 5) is 18.0. The first-order valence-corrected chi connectivity index (χ1v) is 11.3. The third-order valence-corrected chi connectivity index (χ3v) is 6.53. The van der Waals surface area contributed by atoms with E-state index in [0.29, 0.717) is 31.0 Å². The van der Waals surface area contributed by atoms with Gasteiger partial charge >= 0.3 is 0 Å². The molecule has 0 spiro atoms. The number of benzene rings is 1. The van der Waals surface area contributed by atoms with E-state index in [-0.39, 0.29) is 29.5 Å². The zero-order valence-corrected chi connectivity index (χ0v) is 17.5. The second-order valence-electron chi connectivity index (χ2n) is 7.21. The summed E-state index contributed by atoms with van der Waals surface area (Å²) in [6.07, 6.45) is 5.10. The van der Waals surface area contributed by atoms with Crippen molar-refractivity contribution in [1.29, 1.82) is 0 Å². The molecule has 1 aliphatic heterocycles. The van der Waals surface area contributed by atoms with Crippen molar-refractivity contribution >= 4 is 15.7 Å². The predicted molar refractivity (Wildman–Crippen MR) is 110 cm³/mol. The van der Waals surface area contributed by atoms with E-state index in [9.17, 15) is 13.2 Å². The maximum absolute atomic E-state index is 13.0. The van der Waals surface area contributed by atoms with E-state index in [4.69, 9.17) is 4.74 Å². The fourth-order valence-electron chi connectivity index (χ4n) is 3.48. The average molecular weight is 418 g/mol. The number of amides is 1. The van der Waals surface area contributed by atoms with Gasteiger partial charge in [-0.05, 0) is 18.4 Å². The highest BCUT2D eigenvalue weighted by molar-refractivity contribution is 7.90. The van der Waals surface area contributed by atoms with Crippen LogP contribution in [0.5, 0.6) is 0 Å². The molecule has 1 atom stereocenters. The highest BCUT2D eigenvalue weighted by Gasteiger charge is 2.26. The Kier molecular flexibility index (Phi) is 6.87. The quantitative estimate of drug-likeness (QED) is 0.586. The number of nitrogens with zero attached hydrogens (tertiary/aromatic N) is 3. The van der Waals surface area contributed by atoms with Gasteiger partial charge in [0.2, 0.25) is 20.9 Å². The molecule has 1 aliphatic rings. The number of carbonyl (C=O) groups is 1. The summed E-state index contributed by atoms with van der Waals surface area (Å²) >= 11 is 0. The van der Waals surface area contributed by atoms with Gasteiger partial charge in [-0.2, -0.15) is 0 Å². The average Bonchev–Trinajstić information content (AvgIpc) is 3.32. The molecule has 156 valence electrons. The minimum atomic E-state index is -3.65. The lowest BCUT2D eigenvalue weighted by Gasteiger charge is -2.24. The fourth-order valence-corrected chi connectivity index (χ4v) is 4.98. The third-order valence-electron chi connectivity index (χ3n) is 4.94. The molecule has 2 aromatic rings. The molecular formula is C21H27N3O4S. The first kappa shape index (κ1) is 21.3. The summed E-state index contributed by atoms with van der Waals surface area (Å²) in [7, 11) is -3.65. The van der Waals surface area contributed by atoms with Crippen molar-refractivity contribution in [3.63, 3.8) is 0 Å². The molecule has 3 rings (SSSR count). The van der Waals surface area contributed by atoms with Gasteiger partial charge in [-0.1, -0.05) is 36.4 Å². The molecule has 0 bridgehead atoms. The topological polar surface area (TPSA) is 81.5 Å². The molecule has 8 heteroatoms. The normalized spacial score (nSPS) is 16.7. The number of allylic oxidation sites excluding steroid dienone is 1. The third kappa shape index (κ3) is 5.33. The molecule has 1 fully saturated rings. The van der Waals surface area contributed by atoms with Crippen molar-refractivity contribution in [3.05, 3.63) is 60.4 Å². The predicted octanol–water partition coefficient (Wildman–Crippen LogP) is 2.57. The molecule has 1 aromatic heterocycles. The van der Waals surface area contributed by atoms with Crippen molar-refractivity contribution in [2.45, 2.75) is 49.9 Å². The molecular weight excluding hydrogens is 390 g/mol. The smallest absolute Gasteiger partial charge is 0.228 e. The minimum Gasteiger partial charge on any atom is -0.376 e. The number of sulfone groups is 1. The van der Waals surface area contributed by atoms with E-state index in [1.807, 2.05) is 18.2 Å². The summed E-state index contributed by atoms with van der Waals surface area (Å²) in [5, 5.41) is -0.00290. The van der Waals surface area contributed by atoms with E-state index >= 15 is 0 Å². The van der Waals surface area contributed by atoms with E-state index in [0.717, 1.165) is 12.8 Å². The van der Waals surface area contributed by atoms with Crippen LogP contribution in [-0.2, 0) is 38.2 Å². The SMILES string of the molecule is C=CCn1c(CN(C[C@@H]2CCCO2)C(C)=O)cnc1S(=O)(=O)Cc1ccccc1. The van der Waals surface area contributed by atoms with Gasteiger partial charge in [0.1, 0.15) is 0 Å². The second-order valence-corrected chi connectivity index (χ2v) is 9.09. The Morgan fingerprint density at radius 2 is 2.14 bits per heavy atom. The van der Waals surface area contributed by atoms with Crippen LogP contribution in [0.1, 0.15) is 31.0 Å². The molecule has 0 N–H and O–H groups in total. The van der Waals surface area contributed by atoms with Crippen molar-refractivity contribution < 1.29 is 17.9 Å². The van der Waals surface area contributed by atoms with Crippen molar-refractivity contribution in [2.24, 2.45) is 0 Å². The largest absolute Gasteiger partial charge is 0.376 e. The van der Waals surface area contributed by atoms with Crippen LogP contribution >= 0.6 is 0 Å². The van der Waals surface area contributed by atoms with Crippen LogP contribution in [0.2, 0.25) is 0 Å². The highest BCUT2D eigenvalue weighted by atomic mass is 32.2.